The van der Waals surface area contributed by atoms with Gasteiger partial charge in [-0.1, -0.05) is 37.3 Å². The molecule has 0 amide bonds. The fourth-order valence-electron chi connectivity index (χ4n) is 1.51. The third-order valence-electron chi connectivity index (χ3n) is 2.37. The quantitative estimate of drug-likeness (QED) is 0.561. The molecule has 3 heteroatoms. The number of esters is 2. The Morgan fingerprint density at radius 1 is 1.06 bits per heavy atom. The SMILES string of the molecule is CCCC(=O)OC(=O)CCCc1ccccc1. The summed E-state index contributed by atoms with van der Waals surface area (Å²) in [6.07, 6.45) is 2.85. The predicted octanol–water partition coefficient (Wildman–Crippen LogP) is 2.88. The van der Waals surface area contributed by atoms with Gasteiger partial charge in [0.05, 0.1) is 0 Å². The topological polar surface area (TPSA) is 43.4 Å². The molecule has 0 heterocycles. The van der Waals surface area contributed by atoms with Crippen LogP contribution in [-0.4, -0.2) is 11.9 Å². The maximum atomic E-state index is 11.3. The summed E-state index contributed by atoms with van der Waals surface area (Å²) >= 11 is 0. The fourth-order valence-corrected chi connectivity index (χ4v) is 1.51. The third kappa shape index (κ3) is 5.85. The molecule has 0 bridgehead atoms. The highest BCUT2D eigenvalue weighted by molar-refractivity contribution is 5.85. The van der Waals surface area contributed by atoms with Crippen molar-refractivity contribution in [2.45, 2.75) is 39.0 Å². The normalized spacial score (nSPS) is 9.94. The van der Waals surface area contributed by atoms with E-state index in [-0.39, 0.29) is 0 Å². The molecule has 0 aromatic heterocycles. The van der Waals surface area contributed by atoms with E-state index >= 15 is 0 Å². The van der Waals surface area contributed by atoms with Crippen molar-refractivity contribution in [3.05, 3.63) is 35.9 Å². The van der Waals surface area contributed by atoms with Gasteiger partial charge in [0.25, 0.3) is 0 Å². The lowest BCUT2D eigenvalue weighted by atomic mass is 10.1. The Kier molecular flexibility index (Phi) is 6.00. The molecule has 0 radical (unpaired) electrons. The number of hydrogen-bond acceptors (Lipinski definition) is 3. The van der Waals surface area contributed by atoms with Crippen LogP contribution in [0.15, 0.2) is 30.3 Å². The number of carbonyl (C=O) groups is 2. The zero-order valence-corrected chi connectivity index (χ0v) is 10.1. The van der Waals surface area contributed by atoms with Crippen molar-refractivity contribution in [3.8, 4) is 0 Å². The zero-order valence-electron chi connectivity index (χ0n) is 10.1. The minimum absolute atomic E-state index is 0.296. The molecule has 17 heavy (non-hydrogen) atoms. The Labute approximate surface area is 102 Å². The second kappa shape index (κ2) is 7.60. The van der Waals surface area contributed by atoms with E-state index in [1.807, 2.05) is 37.3 Å². The van der Waals surface area contributed by atoms with E-state index in [0.29, 0.717) is 25.7 Å². The van der Waals surface area contributed by atoms with Crippen LogP contribution in [0.1, 0.15) is 38.2 Å². The lowest BCUT2D eigenvalue weighted by Gasteiger charge is -2.02. The van der Waals surface area contributed by atoms with E-state index in [4.69, 9.17) is 0 Å². The summed E-state index contributed by atoms with van der Waals surface area (Å²) in [6.45, 7) is 1.88. The molecule has 0 saturated heterocycles. The first-order valence-electron chi connectivity index (χ1n) is 5.99. The molecule has 0 spiro atoms. The van der Waals surface area contributed by atoms with Crippen molar-refractivity contribution >= 4 is 11.9 Å². The summed E-state index contributed by atoms with van der Waals surface area (Å²) in [4.78, 5) is 22.3. The van der Waals surface area contributed by atoms with Crippen molar-refractivity contribution < 1.29 is 14.3 Å². The maximum Gasteiger partial charge on any atom is 0.313 e. The van der Waals surface area contributed by atoms with Crippen LogP contribution >= 0.6 is 0 Å². The lowest BCUT2D eigenvalue weighted by Crippen LogP contribution is -2.11. The molecule has 0 unspecified atom stereocenters. The van der Waals surface area contributed by atoms with E-state index in [0.717, 1.165) is 6.42 Å². The third-order valence-corrected chi connectivity index (χ3v) is 2.37. The van der Waals surface area contributed by atoms with Gasteiger partial charge in [-0.2, -0.15) is 0 Å². The van der Waals surface area contributed by atoms with E-state index in [9.17, 15) is 9.59 Å². The van der Waals surface area contributed by atoms with Gasteiger partial charge in [0.2, 0.25) is 0 Å². The standard InChI is InChI=1S/C14H18O3/c1-2-7-13(15)17-14(16)11-6-10-12-8-4-3-5-9-12/h3-5,8-9H,2,6-7,10-11H2,1H3. The van der Waals surface area contributed by atoms with Crippen molar-refractivity contribution in [2.75, 3.05) is 0 Å². The van der Waals surface area contributed by atoms with Crippen LogP contribution in [0.2, 0.25) is 0 Å². The van der Waals surface area contributed by atoms with Gasteiger partial charge < -0.3 is 4.74 Å². The van der Waals surface area contributed by atoms with Gasteiger partial charge in [-0.3, -0.25) is 9.59 Å². The minimum atomic E-state index is -0.419. The molecule has 1 aromatic rings. The first-order valence-corrected chi connectivity index (χ1v) is 5.99. The van der Waals surface area contributed by atoms with Crippen LogP contribution < -0.4 is 0 Å². The van der Waals surface area contributed by atoms with Crippen LogP contribution in [0.5, 0.6) is 0 Å². The van der Waals surface area contributed by atoms with Gasteiger partial charge in [-0.05, 0) is 24.8 Å². The highest BCUT2D eigenvalue weighted by Crippen LogP contribution is 2.05. The molecule has 0 aliphatic rings. The van der Waals surface area contributed by atoms with Crippen LogP contribution in [0.4, 0.5) is 0 Å². The molecule has 0 aliphatic heterocycles. The minimum Gasteiger partial charge on any atom is -0.393 e. The Morgan fingerprint density at radius 3 is 2.35 bits per heavy atom. The van der Waals surface area contributed by atoms with Gasteiger partial charge in [-0.15, -0.1) is 0 Å². The first kappa shape index (κ1) is 13.4. The second-order valence-corrected chi connectivity index (χ2v) is 3.94. The Bertz CT molecular complexity index is 357. The maximum absolute atomic E-state index is 11.3. The van der Waals surface area contributed by atoms with Crippen LogP contribution in [0, 0.1) is 0 Å². The molecular weight excluding hydrogens is 216 g/mol. The van der Waals surface area contributed by atoms with Crippen molar-refractivity contribution in [3.63, 3.8) is 0 Å². The lowest BCUT2D eigenvalue weighted by molar-refractivity contribution is -0.159. The van der Waals surface area contributed by atoms with Crippen molar-refractivity contribution in [2.24, 2.45) is 0 Å². The summed E-state index contributed by atoms with van der Waals surface area (Å²) in [7, 11) is 0. The molecule has 3 nitrogen and oxygen atoms in total. The average molecular weight is 234 g/mol. The fraction of sp³-hybridized carbons (Fsp3) is 0.429. The summed E-state index contributed by atoms with van der Waals surface area (Å²) in [5.74, 6) is -0.836. The molecule has 0 fully saturated rings. The van der Waals surface area contributed by atoms with E-state index in [1.165, 1.54) is 5.56 Å². The second-order valence-electron chi connectivity index (χ2n) is 3.94. The van der Waals surface area contributed by atoms with Gasteiger partial charge in [0.15, 0.2) is 0 Å². The molecule has 92 valence electrons. The Balaban J connectivity index is 2.18. The summed E-state index contributed by atoms with van der Waals surface area (Å²) in [5.41, 5.74) is 1.19. The van der Waals surface area contributed by atoms with Crippen LogP contribution in [0.25, 0.3) is 0 Å². The molecule has 0 aliphatic carbocycles. The number of hydrogen-bond donors (Lipinski definition) is 0. The molecule has 0 N–H and O–H groups in total. The van der Waals surface area contributed by atoms with Gasteiger partial charge >= 0.3 is 11.9 Å². The molecule has 1 aromatic carbocycles. The Hall–Kier alpha value is -1.64. The number of ether oxygens (including phenoxy) is 1. The van der Waals surface area contributed by atoms with Gasteiger partial charge in [0, 0.05) is 12.8 Å². The smallest absolute Gasteiger partial charge is 0.313 e. The van der Waals surface area contributed by atoms with Gasteiger partial charge in [0.1, 0.15) is 0 Å². The molecule has 1 rings (SSSR count). The molecule has 0 atom stereocenters. The molecule has 0 saturated carbocycles. The van der Waals surface area contributed by atoms with Crippen molar-refractivity contribution in [1.82, 2.24) is 0 Å². The monoisotopic (exact) mass is 234 g/mol. The number of aryl methyl sites for hydroxylation is 1. The van der Waals surface area contributed by atoms with Crippen molar-refractivity contribution in [1.29, 1.82) is 0 Å². The summed E-state index contributed by atoms with van der Waals surface area (Å²) in [5, 5.41) is 0. The van der Waals surface area contributed by atoms with Crippen LogP contribution in [-0.2, 0) is 20.7 Å². The largest absolute Gasteiger partial charge is 0.393 e. The molecular formula is C14H18O3. The summed E-state index contributed by atoms with van der Waals surface area (Å²) < 4.78 is 4.65. The van der Waals surface area contributed by atoms with E-state index < -0.39 is 11.9 Å². The highest BCUT2D eigenvalue weighted by atomic mass is 16.6. The number of rotatable bonds is 6. The zero-order chi connectivity index (χ0) is 12.5. The van der Waals surface area contributed by atoms with Gasteiger partial charge in [-0.25, -0.2) is 0 Å². The predicted molar refractivity (Wildman–Crippen MR) is 65.4 cm³/mol. The highest BCUT2D eigenvalue weighted by Gasteiger charge is 2.08. The Morgan fingerprint density at radius 2 is 1.71 bits per heavy atom. The van der Waals surface area contributed by atoms with E-state index in [1.54, 1.807) is 0 Å². The average Bonchev–Trinajstić information content (AvgIpc) is 2.30. The van der Waals surface area contributed by atoms with Crippen LogP contribution in [0.3, 0.4) is 0 Å². The number of carbonyl (C=O) groups excluding carboxylic acids is 2. The van der Waals surface area contributed by atoms with E-state index in [2.05, 4.69) is 4.74 Å². The summed E-state index contributed by atoms with van der Waals surface area (Å²) in [6, 6.07) is 9.94. The number of benzene rings is 1. The first-order chi connectivity index (χ1) is 8.22.